The quantitative estimate of drug-likeness (QED) is 0.546. The monoisotopic (exact) mass is 463 g/mol. The number of likely N-dealkylation sites (N-methyl/N-ethyl adjacent to an activating group) is 1. The molecule has 0 unspecified atom stereocenters. The van der Waals surface area contributed by atoms with Crippen LogP contribution in [0.4, 0.5) is 23.7 Å². The fourth-order valence-electron chi connectivity index (χ4n) is 3.21. The van der Waals surface area contributed by atoms with Gasteiger partial charge in [-0.25, -0.2) is 14.5 Å². The van der Waals surface area contributed by atoms with Crippen molar-refractivity contribution in [1.82, 2.24) is 19.7 Å². The fourth-order valence-corrected chi connectivity index (χ4v) is 3.21. The van der Waals surface area contributed by atoms with E-state index in [1.54, 1.807) is 24.3 Å². The molecule has 1 N–H and O–H groups in total. The van der Waals surface area contributed by atoms with Gasteiger partial charge in [-0.3, -0.25) is 5.32 Å². The summed E-state index contributed by atoms with van der Waals surface area (Å²) in [6.07, 6.45) is -3.86. The molecule has 3 rings (SSSR count). The molecule has 1 amide bonds. The number of carbonyl (C=O) groups excluding carboxylic acids is 1. The van der Waals surface area contributed by atoms with Crippen molar-refractivity contribution < 1.29 is 27.4 Å². The minimum Gasteiger partial charge on any atom is -0.442 e. The maximum absolute atomic E-state index is 12.3. The van der Waals surface area contributed by atoms with E-state index in [0.717, 1.165) is 0 Å². The SMILES string of the molecule is CN(C)CC(C)(C)OC(=O)Nc1ccc(-c2ncn(-c3ccc(OC(F)(F)F)cc3)n2)cc1. The van der Waals surface area contributed by atoms with Crippen molar-refractivity contribution in [1.29, 1.82) is 0 Å². The summed E-state index contributed by atoms with van der Waals surface area (Å²) in [7, 11) is 3.79. The van der Waals surface area contributed by atoms with E-state index in [4.69, 9.17) is 4.74 Å². The molecule has 0 aliphatic heterocycles. The molecule has 0 saturated carbocycles. The van der Waals surface area contributed by atoms with Gasteiger partial charge in [0.1, 0.15) is 17.7 Å². The van der Waals surface area contributed by atoms with Crippen molar-refractivity contribution >= 4 is 11.8 Å². The van der Waals surface area contributed by atoms with Crippen molar-refractivity contribution in [2.24, 2.45) is 0 Å². The number of benzene rings is 2. The Morgan fingerprint density at radius 2 is 1.70 bits per heavy atom. The second kappa shape index (κ2) is 9.49. The molecule has 3 aromatic rings. The van der Waals surface area contributed by atoms with Gasteiger partial charge in [0, 0.05) is 17.8 Å². The van der Waals surface area contributed by atoms with Crippen LogP contribution in [0.3, 0.4) is 0 Å². The van der Waals surface area contributed by atoms with Crippen molar-refractivity contribution in [2.45, 2.75) is 25.8 Å². The van der Waals surface area contributed by atoms with Gasteiger partial charge in [0.25, 0.3) is 0 Å². The Bertz CT molecular complexity index is 1080. The molecule has 8 nitrogen and oxygen atoms in total. The highest BCUT2D eigenvalue weighted by Gasteiger charge is 2.31. The smallest absolute Gasteiger partial charge is 0.442 e. The Hall–Kier alpha value is -3.60. The second-order valence-electron chi connectivity index (χ2n) is 8.14. The zero-order valence-corrected chi connectivity index (χ0v) is 18.6. The average Bonchev–Trinajstić information content (AvgIpc) is 3.16. The number of hydrogen-bond donors (Lipinski definition) is 1. The molecule has 0 bridgehead atoms. The Morgan fingerprint density at radius 1 is 1.06 bits per heavy atom. The van der Waals surface area contributed by atoms with Gasteiger partial charge >= 0.3 is 12.5 Å². The molecule has 2 aromatic carbocycles. The van der Waals surface area contributed by atoms with E-state index in [-0.39, 0.29) is 5.75 Å². The van der Waals surface area contributed by atoms with Crippen molar-refractivity contribution in [2.75, 3.05) is 26.0 Å². The van der Waals surface area contributed by atoms with Gasteiger partial charge < -0.3 is 14.4 Å². The first kappa shape index (κ1) is 24.1. The van der Waals surface area contributed by atoms with Gasteiger partial charge in [0.15, 0.2) is 5.82 Å². The molecule has 11 heteroatoms. The number of ether oxygens (including phenoxy) is 2. The lowest BCUT2D eigenvalue weighted by molar-refractivity contribution is -0.274. The third kappa shape index (κ3) is 7.21. The fraction of sp³-hybridized carbons (Fsp3) is 0.318. The highest BCUT2D eigenvalue weighted by Crippen LogP contribution is 2.24. The van der Waals surface area contributed by atoms with E-state index in [1.807, 2.05) is 32.8 Å². The van der Waals surface area contributed by atoms with Gasteiger partial charge in [0.05, 0.1) is 5.69 Å². The van der Waals surface area contributed by atoms with Gasteiger partial charge in [0.2, 0.25) is 0 Å². The van der Waals surface area contributed by atoms with E-state index in [9.17, 15) is 18.0 Å². The van der Waals surface area contributed by atoms with Crippen molar-refractivity contribution in [3.63, 3.8) is 0 Å². The normalized spacial score (nSPS) is 12.0. The zero-order valence-electron chi connectivity index (χ0n) is 18.6. The van der Waals surface area contributed by atoms with E-state index in [2.05, 4.69) is 20.1 Å². The number of anilines is 1. The first-order valence-electron chi connectivity index (χ1n) is 9.93. The third-order valence-corrected chi connectivity index (χ3v) is 4.28. The van der Waals surface area contributed by atoms with Crippen LogP contribution in [0.1, 0.15) is 13.8 Å². The van der Waals surface area contributed by atoms with Crippen molar-refractivity contribution in [3.05, 3.63) is 54.9 Å². The molecule has 0 saturated heterocycles. The molecule has 0 fully saturated rings. The van der Waals surface area contributed by atoms with Gasteiger partial charge in [-0.05, 0) is 76.5 Å². The minimum absolute atomic E-state index is 0.321. The average molecular weight is 463 g/mol. The number of carbonyl (C=O) groups is 1. The Labute approximate surface area is 188 Å². The zero-order chi connectivity index (χ0) is 24.2. The Kier molecular flexibility index (Phi) is 6.92. The Morgan fingerprint density at radius 3 is 2.27 bits per heavy atom. The van der Waals surface area contributed by atoms with Gasteiger partial charge in [-0.1, -0.05) is 0 Å². The lowest BCUT2D eigenvalue weighted by Crippen LogP contribution is -2.39. The maximum Gasteiger partial charge on any atom is 0.573 e. The number of halogens is 3. The lowest BCUT2D eigenvalue weighted by atomic mass is 10.1. The molecule has 0 aliphatic rings. The standard InChI is InChI=1S/C22H24F3N5O3/c1-21(2,13-29(3)4)33-20(31)27-16-7-5-15(6-8-16)19-26-14-30(28-19)17-9-11-18(12-10-17)32-22(23,24)25/h5-12,14H,13H2,1-4H3,(H,27,31). The van der Waals surface area contributed by atoms with Gasteiger partial charge in [-0.2, -0.15) is 0 Å². The number of aromatic nitrogens is 3. The molecular weight excluding hydrogens is 439 g/mol. The molecule has 1 aromatic heterocycles. The summed E-state index contributed by atoms with van der Waals surface area (Å²) in [6.45, 7) is 4.23. The molecule has 0 spiro atoms. The second-order valence-corrected chi connectivity index (χ2v) is 8.14. The van der Waals surface area contributed by atoms with E-state index in [0.29, 0.717) is 29.3 Å². The Balaban J connectivity index is 1.63. The van der Waals surface area contributed by atoms with Crippen molar-refractivity contribution in [3.8, 4) is 22.8 Å². The summed E-state index contributed by atoms with van der Waals surface area (Å²) in [5, 5.41) is 7.03. The number of amides is 1. The van der Waals surface area contributed by atoms with Crippen LogP contribution in [-0.2, 0) is 4.74 Å². The number of hydrogen-bond acceptors (Lipinski definition) is 6. The lowest BCUT2D eigenvalue weighted by Gasteiger charge is -2.28. The predicted octanol–water partition coefficient (Wildman–Crippen LogP) is 4.72. The first-order chi connectivity index (χ1) is 15.4. The first-order valence-corrected chi connectivity index (χ1v) is 9.93. The topological polar surface area (TPSA) is 81.5 Å². The van der Waals surface area contributed by atoms with Crippen LogP contribution in [0.15, 0.2) is 54.9 Å². The highest BCUT2D eigenvalue weighted by atomic mass is 19.4. The highest BCUT2D eigenvalue weighted by molar-refractivity contribution is 5.85. The van der Waals surface area contributed by atoms with E-state index < -0.39 is 18.1 Å². The number of nitrogens with zero attached hydrogens (tertiary/aromatic N) is 4. The van der Waals surface area contributed by atoms with Crippen LogP contribution in [0.2, 0.25) is 0 Å². The molecule has 176 valence electrons. The molecule has 0 aliphatic carbocycles. The molecular formula is C22H24F3N5O3. The summed E-state index contributed by atoms with van der Waals surface area (Å²) >= 11 is 0. The van der Waals surface area contributed by atoms with Crippen LogP contribution in [0.5, 0.6) is 5.75 Å². The molecule has 0 atom stereocenters. The van der Waals surface area contributed by atoms with Crippen LogP contribution < -0.4 is 10.1 Å². The van der Waals surface area contributed by atoms with Crippen LogP contribution in [0.25, 0.3) is 17.1 Å². The van der Waals surface area contributed by atoms with E-state index in [1.165, 1.54) is 35.3 Å². The minimum atomic E-state index is -4.75. The maximum atomic E-state index is 12.3. The molecule has 1 heterocycles. The van der Waals surface area contributed by atoms with Crippen LogP contribution >= 0.6 is 0 Å². The summed E-state index contributed by atoms with van der Waals surface area (Å²) < 4.78 is 47.6. The third-order valence-electron chi connectivity index (χ3n) is 4.28. The van der Waals surface area contributed by atoms with Crippen LogP contribution in [0, 0.1) is 0 Å². The number of rotatable bonds is 7. The molecule has 0 radical (unpaired) electrons. The van der Waals surface area contributed by atoms with E-state index >= 15 is 0 Å². The summed E-state index contributed by atoms with van der Waals surface area (Å²) in [4.78, 5) is 18.3. The molecule has 33 heavy (non-hydrogen) atoms. The summed E-state index contributed by atoms with van der Waals surface area (Å²) in [5.41, 5.74) is 1.10. The summed E-state index contributed by atoms with van der Waals surface area (Å²) in [6, 6.07) is 12.1. The predicted molar refractivity (Wildman–Crippen MR) is 116 cm³/mol. The van der Waals surface area contributed by atoms with Gasteiger partial charge in [-0.15, -0.1) is 18.3 Å². The van der Waals surface area contributed by atoms with Crippen LogP contribution in [-0.4, -0.2) is 58.4 Å². The number of alkyl halides is 3. The number of nitrogens with one attached hydrogen (secondary N) is 1. The largest absolute Gasteiger partial charge is 0.573 e. The summed E-state index contributed by atoms with van der Waals surface area (Å²) in [5.74, 6) is 0.0881.